The summed E-state index contributed by atoms with van der Waals surface area (Å²) in [6.07, 6.45) is 1.58. The molecule has 2 aromatic carbocycles. The number of pyridine rings is 1. The summed E-state index contributed by atoms with van der Waals surface area (Å²) in [6, 6.07) is 12.4. The number of methoxy groups -OCH3 is 1. The summed E-state index contributed by atoms with van der Waals surface area (Å²) in [4.78, 5) is 33.7. The second kappa shape index (κ2) is 9.01. The van der Waals surface area contributed by atoms with Gasteiger partial charge in [-0.3, -0.25) is 14.5 Å². The number of halogens is 2. The van der Waals surface area contributed by atoms with Gasteiger partial charge in [0, 0.05) is 29.4 Å². The van der Waals surface area contributed by atoms with Gasteiger partial charge in [0.05, 0.1) is 30.7 Å². The number of anilines is 1. The van der Waals surface area contributed by atoms with E-state index in [4.69, 9.17) is 32.9 Å². The monoisotopic (exact) mass is 550 g/mol. The number of aromatic nitrogens is 3. The van der Waals surface area contributed by atoms with Crippen molar-refractivity contribution in [3.05, 3.63) is 86.0 Å². The van der Waals surface area contributed by atoms with Gasteiger partial charge in [0.15, 0.2) is 5.69 Å². The molecular weight excluding hydrogens is 527 g/mol. The molecule has 2 aromatic heterocycles. The van der Waals surface area contributed by atoms with Crippen LogP contribution in [0.3, 0.4) is 0 Å². The first-order chi connectivity index (χ1) is 18.3. The largest absolute Gasteiger partial charge is 0.496 e. The lowest BCUT2D eigenvalue weighted by Gasteiger charge is -2.36. The molecule has 0 spiro atoms. The minimum Gasteiger partial charge on any atom is -0.496 e. The fraction of sp³-hybridized carbons (Fsp3) is 0.250. The normalized spacial score (nSPS) is 15.4. The average molecular weight is 551 g/mol. The summed E-state index contributed by atoms with van der Waals surface area (Å²) in [5, 5.41) is 9.99. The van der Waals surface area contributed by atoms with Gasteiger partial charge in [-0.25, -0.2) is 4.98 Å². The Morgan fingerprint density at radius 2 is 1.87 bits per heavy atom. The lowest BCUT2D eigenvalue weighted by Crippen LogP contribution is -2.36. The zero-order valence-corrected chi connectivity index (χ0v) is 22.4. The van der Waals surface area contributed by atoms with Gasteiger partial charge in [-0.1, -0.05) is 41.4 Å². The standard InChI is InChI=1S/C28H24Cl2N4O4/c1-14(2)33-25-23(31-26(33)17-6-4-5-7-20(17)38-3)28(37)34-19-13-32(10-11-35)27(36)22(30)21(19)18-12-15(29)8-9-16(18)24(25)34/h4-9,12-14,24,35H,10-11H2,1-3H3. The number of rotatable bonds is 5. The summed E-state index contributed by atoms with van der Waals surface area (Å²) >= 11 is 13.1. The molecule has 8 nitrogen and oxygen atoms in total. The Balaban J connectivity index is 1.68. The molecule has 1 unspecified atom stereocenters. The van der Waals surface area contributed by atoms with Crippen molar-refractivity contribution in [3.63, 3.8) is 0 Å². The van der Waals surface area contributed by atoms with Crippen molar-refractivity contribution in [2.24, 2.45) is 0 Å². The molecule has 6 rings (SSSR count). The molecule has 1 amide bonds. The molecule has 0 fully saturated rings. The van der Waals surface area contributed by atoms with Gasteiger partial charge >= 0.3 is 0 Å². The Morgan fingerprint density at radius 3 is 2.58 bits per heavy atom. The van der Waals surface area contributed by atoms with Crippen LogP contribution >= 0.6 is 23.2 Å². The number of carbonyl (C=O) groups is 1. The number of hydrogen-bond donors (Lipinski definition) is 1. The first kappa shape index (κ1) is 24.7. The molecule has 2 aliphatic rings. The molecule has 4 heterocycles. The maximum absolute atomic E-state index is 14.1. The molecule has 2 aliphatic heterocycles. The van der Waals surface area contributed by atoms with E-state index < -0.39 is 11.6 Å². The van der Waals surface area contributed by atoms with Crippen molar-refractivity contribution in [1.29, 1.82) is 0 Å². The smallest absolute Gasteiger partial charge is 0.279 e. The van der Waals surface area contributed by atoms with Crippen LogP contribution in [-0.4, -0.2) is 38.8 Å². The van der Waals surface area contributed by atoms with E-state index in [1.165, 1.54) is 4.57 Å². The number of nitrogens with zero attached hydrogens (tertiary/aromatic N) is 4. The highest BCUT2D eigenvalue weighted by Gasteiger charge is 2.49. The van der Waals surface area contributed by atoms with E-state index in [1.54, 1.807) is 30.3 Å². The van der Waals surface area contributed by atoms with E-state index in [1.807, 2.05) is 44.2 Å². The second-order valence-electron chi connectivity index (χ2n) is 9.57. The van der Waals surface area contributed by atoms with Crippen molar-refractivity contribution in [2.75, 3.05) is 18.6 Å². The van der Waals surface area contributed by atoms with Crippen molar-refractivity contribution in [1.82, 2.24) is 14.1 Å². The fourth-order valence-corrected chi connectivity index (χ4v) is 6.09. The van der Waals surface area contributed by atoms with Crippen LogP contribution in [0.25, 0.3) is 22.5 Å². The SMILES string of the molecule is COc1ccccc1-c1nc2c(n1C(C)C)C1c3ccc(Cl)cc3-c3c(cn(CCO)c(=O)c3Cl)N1C2=O. The molecule has 4 aromatic rings. The third-order valence-electron chi connectivity index (χ3n) is 7.13. The van der Waals surface area contributed by atoms with Crippen molar-refractivity contribution in [2.45, 2.75) is 32.5 Å². The summed E-state index contributed by atoms with van der Waals surface area (Å²) in [5.41, 5.74) is 3.80. The molecule has 0 saturated carbocycles. The van der Waals surface area contributed by atoms with Gasteiger partial charge in [-0.05, 0) is 49.2 Å². The predicted octanol–water partition coefficient (Wildman–Crippen LogP) is 5.33. The lowest BCUT2D eigenvalue weighted by molar-refractivity contribution is 0.0989. The highest BCUT2D eigenvalue weighted by atomic mass is 35.5. The number of aliphatic hydroxyl groups is 1. The Labute approximate surface area is 228 Å². The zero-order valence-electron chi connectivity index (χ0n) is 20.9. The third-order valence-corrected chi connectivity index (χ3v) is 7.72. The summed E-state index contributed by atoms with van der Waals surface area (Å²) < 4.78 is 9.02. The number of imidazole rings is 1. The number of amides is 1. The average Bonchev–Trinajstić information content (AvgIpc) is 3.42. The predicted molar refractivity (Wildman–Crippen MR) is 146 cm³/mol. The highest BCUT2D eigenvalue weighted by molar-refractivity contribution is 6.35. The number of aliphatic hydroxyl groups excluding tert-OH is 1. The molecule has 0 saturated heterocycles. The Bertz CT molecular complexity index is 1690. The van der Waals surface area contributed by atoms with E-state index in [0.29, 0.717) is 39.1 Å². The van der Waals surface area contributed by atoms with Crippen molar-refractivity contribution >= 4 is 34.8 Å². The van der Waals surface area contributed by atoms with Crippen LogP contribution in [0, 0.1) is 0 Å². The molecule has 0 aliphatic carbocycles. The first-order valence-electron chi connectivity index (χ1n) is 12.2. The molecule has 1 N–H and O–H groups in total. The van der Waals surface area contributed by atoms with Gasteiger partial charge in [0.2, 0.25) is 0 Å². The number of para-hydroxylation sites is 1. The molecular formula is C28H24Cl2N4O4. The van der Waals surface area contributed by atoms with E-state index in [9.17, 15) is 14.7 Å². The number of ether oxygens (including phenoxy) is 1. The Hall–Kier alpha value is -3.59. The van der Waals surface area contributed by atoms with Crippen LogP contribution in [-0.2, 0) is 6.54 Å². The fourth-order valence-electron chi connectivity index (χ4n) is 5.61. The van der Waals surface area contributed by atoms with Crippen molar-refractivity contribution < 1.29 is 14.6 Å². The van der Waals surface area contributed by atoms with Crippen LogP contribution in [0.2, 0.25) is 10.0 Å². The van der Waals surface area contributed by atoms with Crippen LogP contribution in [0.5, 0.6) is 5.75 Å². The number of fused-ring (bicyclic) bond motifs is 8. The molecule has 194 valence electrons. The summed E-state index contributed by atoms with van der Waals surface area (Å²) in [7, 11) is 1.61. The quantitative estimate of drug-likeness (QED) is 0.362. The number of hydrogen-bond acceptors (Lipinski definition) is 5. The summed E-state index contributed by atoms with van der Waals surface area (Å²) in [6.45, 7) is 3.88. The van der Waals surface area contributed by atoms with E-state index in [-0.39, 0.29) is 30.1 Å². The molecule has 0 radical (unpaired) electrons. The molecule has 0 bridgehead atoms. The first-order valence-corrected chi connectivity index (χ1v) is 13.0. The van der Waals surface area contributed by atoms with E-state index >= 15 is 0 Å². The van der Waals surface area contributed by atoms with Gasteiger partial charge in [0.1, 0.15) is 22.6 Å². The van der Waals surface area contributed by atoms with Crippen LogP contribution < -0.4 is 15.2 Å². The Kier molecular flexibility index (Phi) is 5.86. The van der Waals surface area contributed by atoms with E-state index in [2.05, 4.69) is 4.57 Å². The molecule has 10 heteroatoms. The minimum atomic E-state index is -0.522. The second-order valence-corrected chi connectivity index (χ2v) is 10.4. The maximum atomic E-state index is 14.1. The van der Waals surface area contributed by atoms with Crippen LogP contribution in [0.1, 0.15) is 47.7 Å². The van der Waals surface area contributed by atoms with Crippen LogP contribution in [0.15, 0.2) is 53.5 Å². The number of benzene rings is 2. The molecule has 1 atom stereocenters. The maximum Gasteiger partial charge on any atom is 0.279 e. The van der Waals surface area contributed by atoms with Gasteiger partial charge < -0.3 is 19.0 Å². The summed E-state index contributed by atoms with van der Waals surface area (Å²) in [5.74, 6) is 0.996. The number of carbonyl (C=O) groups excluding carboxylic acids is 1. The third kappa shape index (κ3) is 3.37. The lowest BCUT2D eigenvalue weighted by atomic mass is 9.88. The zero-order chi connectivity index (χ0) is 26.9. The van der Waals surface area contributed by atoms with E-state index in [0.717, 1.165) is 16.8 Å². The minimum absolute atomic E-state index is 0.0308. The van der Waals surface area contributed by atoms with Crippen molar-refractivity contribution in [3.8, 4) is 28.3 Å². The van der Waals surface area contributed by atoms with Crippen LogP contribution in [0.4, 0.5) is 5.69 Å². The van der Waals surface area contributed by atoms with Gasteiger partial charge in [-0.2, -0.15) is 0 Å². The van der Waals surface area contributed by atoms with Gasteiger partial charge in [-0.15, -0.1) is 0 Å². The Morgan fingerprint density at radius 1 is 1.11 bits per heavy atom. The van der Waals surface area contributed by atoms with Gasteiger partial charge in [0.25, 0.3) is 11.5 Å². The molecule has 38 heavy (non-hydrogen) atoms. The highest BCUT2D eigenvalue weighted by Crippen LogP contribution is 2.54. The topological polar surface area (TPSA) is 89.6 Å².